The summed E-state index contributed by atoms with van der Waals surface area (Å²) in [5, 5.41) is 9.10. The molecular weight excluding hydrogens is 356 g/mol. The summed E-state index contributed by atoms with van der Waals surface area (Å²) in [4.78, 5) is 0. The van der Waals surface area contributed by atoms with Gasteiger partial charge in [-0.15, -0.1) is 5.10 Å². The van der Waals surface area contributed by atoms with E-state index in [-0.39, 0.29) is 12.8 Å². The van der Waals surface area contributed by atoms with E-state index in [0.717, 1.165) is 48.2 Å². The summed E-state index contributed by atoms with van der Waals surface area (Å²) in [6.07, 6.45) is 4.75. The lowest BCUT2D eigenvalue weighted by molar-refractivity contribution is -0.169. The number of aromatic nitrogens is 3. The van der Waals surface area contributed by atoms with Gasteiger partial charge in [-0.25, -0.2) is 17.8 Å². The lowest BCUT2D eigenvalue weighted by Gasteiger charge is -2.22. The van der Waals surface area contributed by atoms with Crippen LogP contribution in [0.2, 0.25) is 0 Å². The van der Waals surface area contributed by atoms with Crippen LogP contribution in [-0.4, -0.2) is 36.3 Å². The van der Waals surface area contributed by atoms with E-state index in [2.05, 4.69) is 21.6 Å². The van der Waals surface area contributed by atoms with E-state index in [1.165, 1.54) is 0 Å². The predicted octanol–water partition coefficient (Wildman–Crippen LogP) is 1.87. The maximum Gasteiger partial charge on any atom is 0.233 e. The molecule has 0 spiro atoms. The Balaban J connectivity index is 1.55. The van der Waals surface area contributed by atoms with E-state index in [4.69, 9.17) is 9.47 Å². The number of rotatable bonds is 8. The molecule has 0 amide bonds. The van der Waals surface area contributed by atoms with Crippen LogP contribution >= 0.6 is 0 Å². The minimum absolute atomic E-state index is 0.160. The molecule has 1 aromatic heterocycles. The first-order chi connectivity index (χ1) is 12.6. The quantitative estimate of drug-likeness (QED) is 0.753. The Kier molecular flexibility index (Phi) is 6.15. The second kappa shape index (κ2) is 8.54. The molecule has 2 heterocycles. The topological polar surface area (TPSA) is 95.3 Å². The Hall–Kier alpha value is -2.07. The van der Waals surface area contributed by atoms with E-state index in [1.54, 1.807) is 10.9 Å². The van der Waals surface area contributed by atoms with Crippen molar-refractivity contribution in [3.8, 4) is 5.69 Å². The van der Waals surface area contributed by atoms with Gasteiger partial charge in [0.05, 0.1) is 18.5 Å². The molecule has 140 valence electrons. The first kappa shape index (κ1) is 18.7. The minimum atomic E-state index is -3.43. The van der Waals surface area contributed by atoms with Gasteiger partial charge in [-0.3, -0.25) is 0 Å². The molecule has 1 saturated heterocycles. The lowest BCUT2D eigenvalue weighted by Crippen LogP contribution is -2.22. The summed E-state index contributed by atoms with van der Waals surface area (Å²) in [6, 6.07) is 7.35. The molecule has 9 heteroatoms. The van der Waals surface area contributed by atoms with Crippen molar-refractivity contribution >= 4 is 10.0 Å². The molecular formula is C17H22N4O4S. The molecule has 2 aromatic rings. The van der Waals surface area contributed by atoms with Gasteiger partial charge in [0, 0.05) is 18.6 Å². The molecule has 1 aliphatic rings. The standard InChI is InChI=1S/C17H22N4O4S/c1-2-26(22,23)18-11-14-6-8-16(9-7-14)21-12-15(19-20-21)13-25-17-5-3-4-10-24-17/h2,6-9,12,17-18H,1,3-5,10-11,13H2. The summed E-state index contributed by atoms with van der Waals surface area (Å²) in [5.41, 5.74) is 2.38. The smallest absolute Gasteiger partial charge is 0.233 e. The highest BCUT2D eigenvalue weighted by Gasteiger charge is 2.15. The molecule has 0 saturated carbocycles. The number of sulfonamides is 1. The molecule has 8 nitrogen and oxygen atoms in total. The van der Waals surface area contributed by atoms with Gasteiger partial charge >= 0.3 is 0 Å². The van der Waals surface area contributed by atoms with E-state index in [0.29, 0.717) is 6.61 Å². The zero-order chi connectivity index (χ0) is 18.4. The molecule has 1 atom stereocenters. The molecule has 3 rings (SSSR count). The minimum Gasteiger partial charge on any atom is -0.353 e. The molecule has 1 N–H and O–H groups in total. The average molecular weight is 378 g/mol. The number of nitrogens with one attached hydrogen (secondary N) is 1. The van der Waals surface area contributed by atoms with Gasteiger partial charge in [0.1, 0.15) is 5.69 Å². The number of ether oxygens (including phenoxy) is 2. The SMILES string of the molecule is C=CS(=O)(=O)NCc1ccc(-n2cc(COC3CCCCO3)nn2)cc1. The molecule has 1 unspecified atom stereocenters. The van der Waals surface area contributed by atoms with Gasteiger partial charge in [-0.2, -0.15) is 0 Å². The molecule has 0 aliphatic carbocycles. The van der Waals surface area contributed by atoms with Crippen LogP contribution < -0.4 is 4.72 Å². The summed E-state index contributed by atoms with van der Waals surface area (Å²) >= 11 is 0. The maximum atomic E-state index is 11.4. The van der Waals surface area contributed by atoms with E-state index >= 15 is 0 Å². The van der Waals surface area contributed by atoms with Crippen LogP contribution in [0.1, 0.15) is 30.5 Å². The zero-order valence-electron chi connectivity index (χ0n) is 14.4. The van der Waals surface area contributed by atoms with E-state index < -0.39 is 10.0 Å². The van der Waals surface area contributed by atoms with Crippen LogP contribution in [0.3, 0.4) is 0 Å². The van der Waals surface area contributed by atoms with Crippen LogP contribution in [0.25, 0.3) is 5.69 Å². The fourth-order valence-corrected chi connectivity index (χ4v) is 3.01. The van der Waals surface area contributed by atoms with Crippen molar-refractivity contribution in [1.82, 2.24) is 19.7 Å². The van der Waals surface area contributed by atoms with E-state index in [9.17, 15) is 8.42 Å². The molecule has 0 radical (unpaired) electrons. The molecule has 1 aromatic carbocycles. The fraction of sp³-hybridized carbons (Fsp3) is 0.412. The van der Waals surface area contributed by atoms with E-state index in [1.807, 2.05) is 24.3 Å². The third kappa shape index (κ3) is 5.21. The predicted molar refractivity (Wildman–Crippen MR) is 95.7 cm³/mol. The highest BCUT2D eigenvalue weighted by Crippen LogP contribution is 2.15. The van der Waals surface area contributed by atoms with Gasteiger partial charge in [0.2, 0.25) is 10.0 Å². The van der Waals surface area contributed by atoms with Gasteiger partial charge in [0.25, 0.3) is 0 Å². The second-order valence-electron chi connectivity index (χ2n) is 5.96. The van der Waals surface area contributed by atoms with Gasteiger partial charge in [0.15, 0.2) is 6.29 Å². The summed E-state index contributed by atoms with van der Waals surface area (Å²) in [5.74, 6) is 0. The zero-order valence-corrected chi connectivity index (χ0v) is 15.2. The van der Waals surface area contributed by atoms with Crippen molar-refractivity contribution in [2.75, 3.05) is 6.61 Å². The van der Waals surface area contributed by atoms with Crippen LogP contribution in [0.4, 0.5) is 0 Å². The van der Waals surface area contributed by atoms with Crippen molar-refractivity contribution in [2.45, 2.75) is 38.7 Å². The number of benzene rings is 1. The Labute approximate surface area is 152 Å². The Bertz CT molecular complexity index is 827. The van der Waals surface area contributed by atoms with Crippen LogP contribution in [0.15, 0.2) is 42.4 Å². The summed E-state index contributed by atoms with van der Waals surface area (Å²) in [6.45, 7) is 4.56. The molecule has 26 heavy (non-hydrogen) atoms. The normalized spacial score (nSPS) is 17.9. The number of hydrogen-bond donors (Lipinski definition) is 1. The first-order valence-corrected chi connectivity index (χ1v) is 9.96. The van der Waals surface area contributed by atoms with Crippen molar-refractivity contribution < 1.29 is 17.9 Å². The maximum absolute atomic E-state index is 11.4. The van der Waals surface area contributed by atoms with Crippen molar-refractivity contribution in [1.29, 1.82) is 0 Å². The summed E-state index contributed by atoms with van der Waals surface area (Å²) in [7, 11) is -3.43. The second-order valence-corrected chi connectivity index (χ2v) is 7.67. The Morgan fingerprint density at radius 2 is 2.15 bits per heavy atom. The Morgan fingerprint density at radius 3 is 2.85 bits per heavy atom. The molecule has 0 bridgehead atoms. The number of nitrogens with zero attached hydrogens (tertiary/aromatic N) is 3. The van der Waals surface area contributed by atoms with Gasteiger partial charge < -0.3 is 9.47 Å². The monoisotopic (exact) mass is 378 g/mol. The molecule has 1 fully saturated rings. The largest absolute Gasteiger partial charge is 0.353 e. The third-order valence-electron chi connectivity index (χ3n) is 3.99. The highest BCUT2D eigenvalue weighted by molar-refractivity contribution is 7.92. The highest BCUT2D eigenvalue weighted by atomic mass is 32.2. The average Bonchev–Trinajstić information content (AvgIpc) is 3.15. The molecule has 1 aliphatic heterocycles. The van der Waals surface area contributed by atoms with Crippen molar-refractivity contribution in [3.63, 3.8) is 0 Å². The lowest BCUT2D eigenvalue weighted by atomic mass is 10.2. The van der Waals surface area contributed by atoms with Crippen molar-refractivity contribution in [2.24, 2.45) is 0 Å². The third-order valence-corrected chi connectivity index (χ3v) is 4.98. The van der Waals surface area contributed by atoms with Crippen LogP contribution in [0, 0.1) is 0 Å². The van der Waals surface area contributed by atoms with Crippen LogP contribution in [-0.2, 0) is 32.6 Å². The number of hydrogen-bond acceptors (Lipinski definition) is 6. The van der Waals surface area contributed by atoms with Crippen LogP contribution in [0.5, 0.6) is 0 Å². The van der Waals surface area contributed by atoms with Gasteiger partial charge in [-0.1, -0.05) is 23.9 Å². The summed E-state index contributed by atoms with van der Waals surface area (Å²) < 4.78 is 38.0. The van der Waals surface area contributed by atoms with Gasteiger partial charge in [-0.05, 0) is 37.0 Å². The first-order valence-electron chi connectivity index (χ1n) is 8.41. The van der Waals surface area contributed by atoms with Crippen molar-refractivity contribution in [3.05, 3.63) is 53.7 Å². The fourth-order valence-electron chi connectivity index (χ4n) is 2.52. The Morgan fingerprint density at radius 1 is 1.35 bits per heavy atom.